The zero-order chi connectivity index (χ0) is 27.7. The summed E-state index contributed by atoms with van der Waals surface area (Å²) in [5.41, 5.74) is 2.12. The number of carbonyl (C=O) groups is 2. The van der Waals surface area contributed by atoms with E-state index < -0.39 is 22.0 Å². The van der Waals surface area contributed by atoms with E-state index in [-0.39, 0.29) is 28.8 Å². The lowest BCUT2D eigenvalue weighted by Crippen LogP contribution is -2.50. The Kier molecular flexibility index (Phi) is 7.14. The fourth-order valence-corrected chi connectivity index (χ4v) is 6.00. The Morgan fingerprint density at radius 2 is 1.74 bits per heavy atom. The van der Waals surface area contributed by atoms with Gasteiger partial charge in [-0.05, 0) is 48.7 Å². The first-order chi connectivity index (χ1) is 18.6. The van der Waals surface area contributed by atoms with Crippen molar-refractivity contribution < 1.29 is 22.7 Å². The summed E-state index contributed by atoms with van der Waals surface area (Å²) < 4.78 is 35.9. The fraction of sp³-hybridized carbons (Fsp3) is 0.276. The van der Waals surface area contributed by atoms with Gasteiger partial charge in [0.15, 0.2) is 6.10 Å². The molecular formula is C29H30N4O5S. The minimum absolute atomic E-state index is 0.0155. The van der Waals surface area contributed by atoms with E-state index in [9.17, 15) is 18.0 Å². The molecule has 0 aliphatic carbocycles. The van der Waals surface area contributed by atoms with Gasteiger partial charge < -0.3 is 19.9 Å². The maximum atomic E-state index is 13.8. The summed E-state index contributed by atoms with van der Waals surface area (Å²) >= 11 is 0. The van der Waals surface area contributed by atoms with Gasteiger partial charge in [0.1, 0.15) is 16.5 Å². The third kappa shape index (κ3) is 5.37. The summed E-state index contributed by atoms with van der Waals surface area (Å²) in [5.74, 6) is 0.257. The summed E-state index contributed by atoms with van der Waals surface area (Å²) in [5, 5.41) is 2.87. The normalized spacial score (nSPS) is 17.5. The van der Waals surface area contributed by atoms with Gasteiger partial charge in [-0.15, -0.1) is 4.40 Å². The van der Waals surface area contributed by atoms with Crippen molar-refractivity contribution in [3.05, 3.63) is 83.9 Å². The Hall–Kier alpha value is -4.18. The lowest BCUT2D eigenvalue weighted by molar-refractivity contribution is -0.128. The topological polar surface area (TPSA) is 108 Å². The lowest BCUT2D eigenvalue weighted by Gasteiger charge is -2.34. The molecule has 1 atom stereocenters. The van der Waals surface area contributed by atoms with Crippen LogP contribution in [0.15, 0.2) is 82.1 Å². The molecule has 5 rings (SSSR count). The molecule has 0 saturated heterocycles. The predicted molar refractivity (Wildman–Crippen MR) is 150 cm³/mol. The van der Waals surface area contributed by atoms with E-state index in [4.69, 9.17) is 4.74 Å². The zero-order valence-corrected chi connectivity index (χ0v) is 22.8. The summed E-state index contributed by atoms with van der Waals surface area (Å²) in [6, 6.07) is 21.1. The van der Waals surface area contributed by atoms with E-state index in [1.807, 2.05) is 49.1 Å². The molecule has 3 aromatic rings. The molecule has 202 valence electrons. The molecule has 0 unspecified atom stereocenters. The highest BCUT2D eigenvalue weighted by molar-refractivity contribution is 7.90. The second-order valence-electron chi connectivity index (χ2n) is 9.99. The summed E-state index contributed by atoms with van der Waals surface area (Å²) in [4.78, 5) is 30.2. The fourth-order valence-electron chi connectivity index (χ4n) is 4.74. The third-order valence-corrected chi connectivity index (χ3v) is 7.97. The van der Waals surface area contributed by atoms with Crippen LogP contribution in [0.2, 0.25) is 0 Å². The maximum Gasteiger partial charge on any atom is 0.286 e. The molecule has 3 aromatic carbocycles. The highest BCUT2D eigenvalue weighted by Gasteiger charge is 2.36. The molecular weight excluding hydrogens is 516 g/mol. The first-order valence-corrected chi connectivity index (χ1v) is 14.2. The summed E-state index contributed by atoms with van der Waals surface area (Å²) in [6.07, 6.45) is -0.942. The van der Waals surface area contributed by atoms with Gasteiger partial charge in [0.05, 0.1) is 17.9 Å². The molecule has 0 saturated carbocycles. The smallest absolute Gasteiger partial charge is 0.286 e. The van der Waals surface area contributed by atoms with Crippen molar-refractivity contribution in [2.45, 2.75) is 38.3 Å². The van der Waals surface area contributed by atoms with E-state index in [0.717, 1.165) is 5.56 Å². The Morgan fingerprint density at radius 3 is 2.49 bits per heavy atom. The van der Waals surface area contributed by atoms with Crippen molar-refractivity contribution in [2.24, 2.45) is 10.3 Å². The molecule has 2 heterocycles. The van der Waals surface area contributed by atoms with Gasteiger partial charge in [0.2, 0.25) is 0 Å². The Balaban J connectivity index is 1.44. The average Bonchev–Trinajstić information content (AvgIpc) is 2.93. The van der Waals surface area contributed by atoms with E-state index >= 15 is 0 Å². The number of hydrogen-bond acceptors (Lipinski definition) is 6. The molecule has 9 nitrogen and oxygen atoms in total. The number of amidine groups is 1. The molecule has 0 bridgehead atoms. The number of nitrogens with zero attached hydrogens (tertiary/aromatic N) is 3. The Bertz CT molecular complexity index is 1550. The number of rotatable bonds is 6. The standard InChI is InChI=1S/C29H30N4O5S/c1-19(2)17-32-20(3)31-39(36,37)27-15-22(13-14-24(27)32)29(35)33-18-26(38-25-12-8-7-11-23(25)33)28(34)30-16-21-9-5-4-6-10-21/h4-15,19,26H,16-18H2,1-3H3,(H,30,34)/t26-/m1/s1. The SMILES string of the molecule is CC1=NS(=O)(=O)c2cc(C(=O)N3C[C@H](C(=O)NCc4ccccc4)Oc4ccccc43)ccc2N1CC(C)C. The number of para-hydroxylation sites is 2. The van der Waals surface area contributed by atoms with Gasteiger partial charge in [-0.25, -0.2) is 0 Å². The van der Waals surface area contributed by atoms with Crippen molar-refractivity contribution in [1.29, 1.82) is 0 Å². The third-order valence-electron chi connectivity index (χ3n) is 6.59. The first-order valence-electron chi connectivity index (χ1n) is 12.8. The lowest BCUT2D eigenvalue weighted by atomic mass is 10.1. The number of anilines is 2. The quantitative estimate of drug-likeness (QED) is 0.501. The van der Waals surface area contributed by atoms with Crippen LogP contribution in [0.25, 0.3) is 0 Å². The van der Waals surface area contributed by atoms with Gasteiger partial charge in [0.25, 0.3) is 21.8 Å². The van der Waals surface area contributed by atoms with Crippen molar-refractivity contribution >= 4 is 39.0 Å². The minimum Gasteiger partial charge on any atom is -0.477 e. The van der Waals surface area contributed by atoms with Gasteiger partial charge in [0, 0.05) is 18.7 Å². The van der Waals surface area contributed by atoms with Crippen molar-refractivity contribution in [3.63, 3.8) is 0 Å². The molecule has 2 aliphatic rings. The first kappa shape index (κ1) is 26.4. The van der Waals surface area contributed by atoms with Crippen LogP contribution in [0.5, 0.6) is 5.75 Å². The second-order valence-corrected chi connectivity index (χ2v) is 11.6. The number of carbonyl (C=O) groups excluding carboxylic acids is 2. The number of sulfonamides is 1. The molecule has 10 heteroatoms. The van der Waals surface area contributed by atoms with Gasteiger partial charge in [-0.2, -0.15) is 8.42 Å². The molecule has 2 aliphatic heterocycles. The number of nitrogens with one attached hydrogen (secondary N) is 1. The number of hydrogen-bond donors (Lipinski definition) is 1. The average molecular weight is 547 g/mol. The van der Waals surface area contributed by atoms with Crippen LogP contribution in [-0.4, -0.2) is 45.3 Å². The van der Waals surface area contributed by atoms with Crippen LogP contribution in [0.4, 0.5) is 11.4 Å². The Morgan fingerprint density at radius 1 is 1.03 bits per heavy atom. The van der Waals surface area contributed by atoms with Crippen molar-refractivity contribution in [3.8, 4) is 5.75 Å². The van der Waals surface area contributed by atoms with Gasteiger partial charge in [-0.1, -0.05) is 56.3 Å². The van der Waals surface area contributed by atoms with E-state index in [0.29, 0.717) is 36.0 Å². The molecule has 2 amide bonds. The van der Waals surface area contributed by atoms with E-state index in [2.05, 4.69) is 9.71 Å². The van der Waals surface area contributed by atoms with Crippen molar-refractivity contribution in [2.75, 3.05) is 22.9 Å². The highest BCUT2D eigenvalue weighted by atomic mass is 32.2. The van der Waals surface area contributed by atoms with Crippen LogP contribution in [0.3, 0.4) is 0 Å². The van der Waals surface area contributed by atoms with Crippen LogP contribution >= 0.6 is 0 Å². The van der Waals surface area contributed by atoms with Crippen LogP contribution in [-0.2, 0) is 21.4 Å². The summed E-state index contributed by atoms with van der Waals surface area (Å²) in [7, 11) is -3.98. The molecule has 0 spiro atoms. The molecule has 0 aromatic heterocycles. The van der Waals surface area contributed by atoms with Gasteiger partial charge >= 0.3 is 0 Å². The molecule has 39 heavy (non-hydrogen) atoms. The number of amides is 2. The predicted octanol–water partition coefficient (Wildman–Crippen LogP) is 3.99. The van der Waals surface area contributed by atoms with Crippen molar-refractivity contribution in [1.82, 2.24) is 5.32 Å². The largest absolute Gasteiger partial charge is 0.477 e. The van der Waals surface area contributed by atoms with Crippen LogP contribution in [0, 0.1) is 5.92 Å². The minimum atomic E-state index is -3.98. The number of benzene rings is 3. The van der Waals surface area contributed by atoms with E-state index in [1.54, 1.807) is 43.3 Å². The van der Waals surface area contributed by atoms with Crippen LogP contribution in [0.1, 0.15) is 36.7 Å². The Labute approximate surface area is 228 Å². The zero-order valence-electron chi connectivity index (χ0n) is 22.0. The molecule has 1 N–H and O–H groups in total. The van der Waals surface area contributed by atoms with Gasteiger partial charge in [-0.3, -0.25) is 9.59 Å². The van der Waals surface area contributed by atoms with E-state index in [1.165, 1.54) is 11.0 Å². The monoisotopic (exact) mass is 546 g/mol. The number of fused-ring (bicyclic) bond motifs is 2. The maximum absolute atomic E-state index is 13.8. The number of ether oxygens (including phenoxy) is 1. The second kappa shape index (κ2) is 10.5. The highest BCUT2D eigenvalue weighted by Crippen LogP contribution is 2.36. The molecule has 0 fully saturated rings. The summed E-state index contributed by atoms with van der Waals surface area (Å²) in [6.45, 7) is 6.62. The van der Waals surface area contributed by atoms with Crippen LogP contribution < -0.4 is 19.9 Å². The molecule has 0 radical (unpaired) electrons.